The zero-order chi connectivity index (χ0) is 13.7. The van der Waals surface area contributed by atoms with E-state index in [1.807, 2.05) is 13.1 Å². The third-order valence-corrected chi connectivity index (χ3v) is 4.78. The van der Waals surface area contributed by atoms with E-state index in [1.54, 1.807) is 35.7 Å². The van der Waals surface area contributed by atoms with E-state index in [9.17, 15) is 0 Å². The molecule has 0 aliphatic heterocycles. The molecule has 1 N–H and O–H groups in total. The maximum absolute atomic E-state index is 5.45. The molecule has 4 nitrogen and oxygen atoms in total. The van der Waals surface area contributed by atoms with Crippen molar-refractivity contribution >= 4 is 23.1 Å². The highest BCUT2D eigenvalue weighted by Crippen LogP contribution is 2.31. The van der Waals surface area contributed by atoms with Crippen molar-refractivity contribution in [3.05, 3.63) is 34.8 Å². The summed E-state index contributed by atoms with van der Waals surface area (Å²) in [5.41, 5.74) is 4.17. The van der Waals surface area contributed by atoms with Gasteiger partial charge in [-0.3, -0.25) is 0 Å². The van der Waals surface area contributed by atoms with Gasteiger partial charge in [0, 0.05) is 17.4 Å². The maximum atomic E-state index is 5.45. The van der Waals surface area contributed by atoms with Crippen LogP contribution in [0, 0.1) is 6.92 Å². The van der Waals surface area contributed by atoms with Crippen molar-refractivity contribution in [1.82, 2.24) is 15.5 Å². The Morgan fingerprint density at radius 3 is 2.95 bits per heavy atom. The molecular formula is C13H17N3OS2. The van der Waals surface area contributed by atoms with Crippen LogP contribution in [0.4, 0.5) is 0 Å². The predicted octanol–water partition coefficient (Wildman–Crippen LogP) is 2.91. The molecule has 6 heteroatoms. The van der Waals surface area contributed by atoms with Gasteiger partial charge in [0.2, 0.25) is 0 Å². The van der Waals surface area contributed by atoms with Gasteiger partial charge in [0.15, 0.2) is 4.34 Å². The number of nitrogens with zero attached hydrogens (tertiary/aromatic N) is 2. The van der Waals surface area contributed by atoms with E-state index in [0.29, 0.717) is 0 Å². The van der Waals surface area contributed by atoms with Gasteiger partial charge in [0.25, 0.3) is 0 Å². The summed E-state index contributed by atoms with van der Waals surface area (Å²) in [4.78, 5) is 0. The molecule has 0 spiro atoms. The fourth-order valence-corrected chi connectivity index (χ4v) is 3.48. The molecule has 1 unspecified atom stereocenters. The van der Waals surface area contributed by atoms with Crippen molar-refractivity contribution < 1.29 is 4.74 Å². The molecule has 0 aliphatic carbocycles. The highest BCUT2D eigenvalue weighted by Gasteiger charge is 2.15. The second-order valence-electron chi connectivity index (χ2n) is 4.10. The first-order valence-corrected chi connectivity index (χ1v) is 7.82. The molecule has 0 saturated carbocycles. The van der Waals surface area contributed by atoms with Crippen LogP contribution < -0.4 is 10.1 Å². The summed E-state index contributed by atoms with van der Waals surface area (Å²) in [6.45, 7) is 2.09. The van der Waals surface area contributed by atoms with E-state index in [0.717, 1.165) is 15.8 Å². The van der Waals surface area contributed by atoms with E-state index >= 15 is 0 Å². The van der Waals surface area contributed by atoms with Gasteiger partial charge in [-0.15, -0.1) is 10.2 Å². The van der Waals surface area contributed by atoms with Gasteiger partial charge < -0.3 is 10.1 Å². The Morgan fingerprint density at radius 1 is 1.47 bits per heavy atom. The van der Waals surface area contributed by atoms with Crippen molar-refractivity contribution in [1.29, 1.82) is 0 Å². The summed E-state index contributed by atoms with van der Waals surface area (Å²) in [7, 11) is 3.67. The van der Waals surface area contributed by atoms with Crippen LogP contribution in [0.5, 0.6) is 5.75 Å². The lowest BCUT2D eigenvalue weighted by atomic mass is 10.0. The number of rotatable bonds is 6. The third-order valence-electron chi connectivity index (χ3n) is 2.82. The lowest BCUT2D eigenvalue weighted by Crippen LogP contribution is -2.19. The molecule has 2 aromatic rings. The molecule has 0 saturated heterocycles. The number of thioether (sulfide) groups is 1. The van der Waals surface area contributed by atoms with Gasteiger partial charge >= 0.3 is 0 Å². The van der Waals surface area contributed by atoms with Gasteiger partial charge in [-0.25, -0.2) is 0 Å². The van der Waals surface area contributed by atoms with Crippen LogP contribution in [-0.4, -0.2) is 30.1 Å². The smallest absolute Gasteiger partial charge is 0.174 e. The zero-order valence-corrected chi connectivity index (χ0v) is 12.8. The Bertz CT molecular complexity index is 517. The molecule has 1 aromatic heterocycles. The van der Waals surface area contributed by atoms with Crippen molar-refractivity contribution in [2.75, 3.05) is 19.9 Å². The quantitative estimate of drug-likeness (QED) is 0.830. The first-order valence-electron chi connectivity index (χ1n) is 5.95. The first-order chi connectivity index (χ1) is 9.24. The van der Waals surface area contributed by atoms with E-state index in [1.165, 1.54) is 11.1 Å². The highest BCUT2D eigenvalue weighted by atomic mass is 32.2. The number of methoxy groups -OCH3 is 1. The standard InChI is InChI=1S/C13H17N3OS2/c1-9-4-5-12(17-3)10(6-9)11(14-2)7-18-13-16-15-8-19-13/h4-6,8,11,14H,7H2,1-3H3. The van der Waals surface area contributed by atoms with E-state index in [4.69, 9.17) is 4.74 Å². The van der Waals surface area contributed by atoms with E-state index < -0.39 is 0 Å². The molecule has 0 bridgehead atoms. The summed E-state index contributed by atoms with van der Waals surface area (Å²) >= 11 is 3.27. The number of aromatic nitrogens is 2. The number of hydrogen-bond acceptors (Lipinski definition) is 6. The largest absolute Gasteiger partial charge is 0.496 e. The lowest BCUT2D eigenvalue weighted by Gasteiger charge is -2.19. The molecule has 102 valence electrons. The second kappa shape index (κ2) is 6.88. The van der Waals surface area contributed by atoms with Gasteiger partial charge in [-0.05, 0) is 20.0 Å². The third kappa shape index (κ3) is 3.68. The Balaban J connectivity index is 2.14. The van der Waals surface area contributed by atoms with Crippen LogP contribution in [0.3, 0.4) is 0 Å². The number of benzene rings is 1. The Kier molecular flexibility index (Phi) is 5.18. The maximum Gasteiger partial charge on any atom is 0.174 e. The molecule has 19 heavy (non-hydrogen) atoms. The Hall–Kier alpha value is -1.11. The normalized spacial score (nSPS) is 12.4. The minimum absolute atomic E-state index is 0.226. The van der Waals surface area contributed by atoms with Crippen LogP contribution in [0.25, 0.3) is 0 Å². The van der Waals surface area contributed by atoms with Crippen LogP contribution >= 0.6 is 23.1 Å². The second-order valence-corrected chi connectivity index (χ2v) is 6.20. The number of aryl methyl sites for hydroxylation is 1. The van der Waals surface area contributed by atoms with Crippen molar-refractivity contribution in [3.63, 3.8) is 0 Å². The Labute approximate surface area is 121 Å². The van der Waals surface area contributed by atoms with E-state index in [-0.39, 0.29) is 6.04 Å². The number of ether oxygens (including phenoxy) is 1. The van der Waals surface area contributed by atoms with Crippen LogP contribution in [0.1, 0.15) is 17.2 Å². The average molecular weight is 295 g/mol. The van der Waals surface area contributed by atoms with E-state index in [2.05, 4.69) is 34.6 Å². The molecule has 0 radical (unpaired) electrons. The summed E-state index contributed by atoms with van der Waals surface area (Å²) in [5.74, 6) is 1.81. The molecule has 2 rings (SSSR count). The summed E-state index contributed by atoms with van der Waals surface area (Å²) < 4.78 is 6.44. The fraction of sp³-hybridized carbons (Fsp3) is 0.385. The number of hydrogen-bond donors (Lipinski definition) is 1. The number of nitrogens with one attached hydrogen (secondary N) is 1. The minimum Gasteiger partial charge on any atom is -0.496 e. The van der Waals surface area contributed by atoms with Crippen LogP contribution in [0.2, 0.25) is 0 Å². The highest BCUT2D eigenvalue weighted by molar-refractivity contribution is 8.01. The monoisotopic (exact) mass is 295 g/mol. The van der Waals surface area contributed by atoms with Gasteiger partial charge in [-0.2, -0.15) is 0 Å². The molecular weight excluding hydrogens is 278 g/mol. The van der Waals surface area contributed by atoms with Gasteiger partial charge in [0.05, 0.1) is 7.11 Å². The van der Waals surface area contributed by atoms with Gasteiger partial charge in [0.1, 0.15) is 11.3 Å². The SMILES string of the molecule is CNC(CSc1nncs1)c1cc(C)ccc1OC. The molecule has 0 aliphatic rings. The van der Waals surface area contributed by atoms with Crippen molar-refractivity contribution in [3.8, 4) is 5.75 Å². The average Bonchev–Trinajstić information content (AvgIpc) is 2.93. The van der Waals surface area contributed by atoms with Crippen LogP contribution in [0.15, 0.2) is 28.0 Å². The molecule has 0 fully saturated rings. The molecule has 1 heterocycles. The topological polar surface area (TPSA) is 47.0 Å². The summed E-state index contributed by atoms with van der Waals surface area (Å²) in [6, 6.07) is 6.47. The summed E-state index contributed by atoms with van der Waals surface area (Å²) in [5, 5.41) is 11.2. The predicted molar refractivity (Wildman–Crippen MR) is 80.2 cm³/mol. The minimum atomic E-state index is 0.226. The van der Waals surface area contributed by atoms with Crippen molar-refractivity contribution in [2.45, 2.75) is 17.3 Å². The lowest BCUT2D eigenvalue weighted by molar-refractivity contribution is 0.404. The van der Waals surface area contributed by atoms with Crippen molar-refractivity contribution in [2.24, 2.45) is 0 Å². The van der Waals surface area contributed by atoms with Crippen LogP contribution in [-0.2, 0) is 0 Å². The zero-order valence-electron chi connectivity index (χ0n) is 11.2. The van der Waals surface area contributed by atoms with Gasteiger partial charge in [-0.1, -0.05) is 40.8 Å². The fourth-order valence-electron chi connectivity index (χ4n) is 1.84. The Morgan fingerprint density at radius 2 is 2.32 bits per heavy atom. The molecule has 1 aromatic carbocycles. The summed E-state index contributed by atoms with van der Waals surface area (Å²) in [6.07, 6.45) is 0. The molecule has 1 atom stereocenters. The molecule has 0 amide bonds. The first kappa shape index (κ1) is 14.3.